The molecular weight excluding hydrogens is 198 g/mol. The molecule has 1 aromatic carbocycles. The van der Waals surface area contributed by atoms with Gasteiger partial charge in [-0.3, -0.25) is 4.90 Å². The predicted octanol–water partition coefficient (Wildman–Crippen LogP) is 2.54. The highest BCUT2D eigenvalue weighted by atomic mass is 16.3. The summed E-state index contributed by atoms with van der Waals surface area (Å²) in [5, 5.41) is 10.0. The van der Waals surface area contributed by atoms with Crippen LogP contribution in [0.5, 0.6) is 0 Å². The molecule has 0 fully saturated rings. The third kappa shape index (κ3) is 4.17. The maximum atomic E-state index is 10.0. The van der Waals surface area contributed by atoms with Gasteiger partial charge in [-0.2, -0.15) is 0 Å². The molecule has 2 heteroatoms. The quantitative estimate of drug-likeness (QED) is 0.769. The maximum absolute atomic E-state index is 10.0. The Morgan fingerprint density at radius 3 is 2.44 bits per heavy atom. The Hall–Kier alpha value is -1.12. The average molecular weight is 219 g/mol. The van der Waals surface area contributed by atoms with E-state index in [2.05, 4.69) is 11.5 Å². The second-order valence-electron chi connectivity index (χ2n) is 4.58. The lowest BCUT2D eigenvalue weighted by atomic mass is 10.1. The molecule has 0 saturated heterocycles. The summed E-state index contributed by atoms with van der Waals surface area (Å²) in [4.78, 5) is 2.08. The molecule has 0 amide bonds. The topological polar surface area (TPSA) is 23.5 Å². The second-order valence-corrected chi connectivity index (χ2v) is 4.58. The van der Waals surface area contributed by atoms with Gasteiger partial charge in [0.1, 0.15) is 0 Å². The molecule has 0 spiro atoms. The van der Waals surface area contributed by atoms with Crippen molar-refractivity contribution in [3.8, 4) is 0 Å². The Morgan fingerprint density at radius 2 is 1.94 bits per heavy atom. The fraction of sp³-hybridized carbons (Fsp3) is 0.429. The number of nitrogens with zero attached hydrogens (tertiary/aromatic N) is 1. The Morgan fingerprint density at radius 1 is 1.38 bits per heavy atom. The van der Waals surface area contributed by atoms with Crippen LogP contribution in [0.4, 0.5) is 0 Å². The van der Waals surface area contributed by atoms with Gasteiger partial charge in [-0.05, 0) is 26.5 Å². The molecule has 1 atom stereocenters. The number of aliphatic hydroxyl groups is 1. The number of hydrogen-bond acceptors (Lipinski definition) is 2. The minimum Gasteiger partial charge on any atom is -0.387 e. The number of aryl methyl sites for hydroxylation is 1. The fourth-order valence-corrected chi connectivity index (χ4v) is 1.71. The smallest absolute Gasteiger partial charge is 0.0916 e. The summed E-state index contributed by atoms with van der Waals surface area (Å²) in [6, 6.07) is 8.01. The molecule has 0 bridgehead atoms. The average Bonchev–Trinajstić information content (AvgIpc) is 2.16. The first-order valence-electron chi connectivity index (χ1n) is 5.56. The third-order valence-electron chi connectivity index (χ3n) is 2.49. The van der Waals surface area contributed by atoms with Crippen molar-refractivity contribution in [3.63, 3.8) is 0 Å². The van der Waals surface area contributed by atoms with Crippen molar-refractivity contribution in [1.82, 2.24) is 4.90 Å². The number of aliphatic hydroxyl groups excluding tert-OH is 1. The zero-order valence-electron chi connectivity index (χ0n) is 10.4. The number of benzene rings is 1. The van der Waals surface area contributed by atoms with E-state index in [4.69, 9.17) is 0 Å². The summed E-state index contributed by atoms with van der Waals surface area (Å²) in [7, 11) is 1.99. The van der Waals surface area contributed by atoms with Gasteiger partial charge in [0.2, 0.25) is 0 Å². The lowest BCUT2D eigenvalue weighted by Gasteiger charge is -2.20. The van der Waals surface area contributed by atoms with Crippen molar-refractivity contribution in [1.29, 1.82) is 0 Å². The molecule has 0 radical (unpaired) electrons. The van der Waals surface area contributed by atoms with E-state index in [1.54, 1.807) is 0 Å². The molecule has 1 aromatic rings. The summed E-state index contributed by atoms with van der Waals surface area (Å²) in [6.45, 7) is 9.36. The monoisotopic (exact) mass is 219 g/mol. The highest BCUT2D eigenvalue weighted by molar-refractivity contribution is 5.23. The van der Waals surface area contributed by atoms with E-state index >= 15 is 0 Å². The molecule has 0 saturated carbocycles. The van der Waals surface area contributed by atoms with Crippen molar-refractivity contribution >= 4 is 0 Å². The molecule has 0 aliphatic heterocycles. The fourth-order valence-electron chi connectivity index (χ4n) is 1.71. The normalized spacial score (nSPS) is 12.8. The van der Waals surface area contributed by atoms with Crippen LogP contribution in [0.25, 0.3) is 0 Å². The van der Waals surface area contributed by atoms with E-state index in [0.29, 0.717) is 6.54 Å². The van der Waals surface area contributed by atoms with Crippen LogP contribution in [-0.4, -0.2) is 30.1 Å². The number of hydrogen-bond donors (Lipinski definition) is 1. The van der Waals surface area contributed by atoms with Gasteiger partial charge >= 0.3 is 0 Å². The lowest BCUT2D eigenvalue weighted by molar-refractivity contribution is 0.131. The van der Waals surface area contributed by atoms with Crippen LogP contribution in [0.2, 0.25) is 0 Å². The van der Waals surface area contributed by atoms with Gasteiger partial charge in [0, 0.05) is 13.1 Å². The van der Waals surface area contributed by atoms with E-state index < -0.39 is 6.10 Å². The molecule has 16 heavy (non-hydrogen) atoms. The summed E-state index contributed by atoms with van der Waals surface area (Å²) < 4.78 is 0. The van der Waals surface area contributed by atoms with Crippen LogP contribution in [-0.2, 0) is 0 Å². The minimum atomic E-state index is -0.426. The van der Waals surface area contributed by atoms with E-state index in [1.165, 1.54) is 5.56 Å². The second kappa shape index (κ2) is 5.83. The van der Waals surface area contributed by atoms with Crippen LogP contribution in [0.1, 0.15) is 24.2 Å². The van der Waals surface area contributed by atoms with Crippen LogP contribution in [0, 0.1) is 6.92 Å². The Balaban J connectivity index is 2.54. The molecule has 1 N–H and O–H groups in total. The van der Waals surface area contributed by atoms with Gasteiger partial charge in [0.15, 0.2) is 0 Å². The minimum absolute atomic E-state index is 0.426. The van der Waals surface area contributed by atoms with Gasteiger partial charge in [-0.15, -0.1) is 0 Å². The first kappa shape index (κ1) is 12.9. The van der Waals surface area contributed by atoms with Gasteiger partial charge in [-0.25, -0.2) is 0 Å². The van der Waals surface area contributed by atoms with Crippen LogP contribution >= 0.6 is 0 Å². The van der Waals surface area contributed by atoms with Crippen molar-refractivity contribution < 1.29 is 5.11 Å². The van der Waals surface area contributed by atoms with E-state index in [-0.39, 0.29) is 0 Å². The van der Waals surface area contributed by atoms with Gasteiger partial charge in [-0.1, -0.05) is 42.0 Å². The Labute approximate surface area is 98.2 Å². The highest BCUT2D eigenvalue weighted by Crippen LogP contribution is 2.14. The largest absolute Gasteiger partial charge is 0.387 e. The first-order valence-corrected chi connectivity index (χ1v) is 5.56. The molecule has 1 rings (SSSR count). The molecule has 0 aliphatic rings. The van der Waals surface area contributed by atoms with Gasteiger partial charge in [0.05, 0.1) is 6.10 Å². The lowest BCUT2D eigenvalue weighted by Crippen LogP contribution is -2.26. The zero-order valence-corrected chi connectivity index (χ0v) is 10.4. The maximum Gasteiger partial charge on any atom is 0.0916 e. The Kier molecular flexibility index (Phi) is 4.71. The molecule has 0 aliphatic carbocycles. The zero-order chi connectivity index (χ0) is 12.1. The molecule has 0 aromatic heterocycles. The van der Waals surface area contributed by atoms with Gasteiger partial charge in [0.25, 0.3) is 0 Å². The first-order chi connectivity index (χ1) is 7.49. The summed E-state index contributed by atoms with van der Waals surface area (Å²) in [5.74, 6) is 0. The standard InChI is InChI=1S/C14H21NO/c1-11(2)9-15(4)10-14(16)13-7-5-12(3)6-8-13/h5-8,14,16H,1,9-10H2,2-4H3. The molecule has 2 nitrogen and oxygen atoms in total. The van der Waals surface area contributed by atoms with Crippen molar-refractivity contribution in [2.24, 2.45) is 0 Å². The molecular formula is C14H21NO. The van der Waals surface area contributed by atoms with E-state index in [9.17, 15) is 5.11 Å². The number of likely N-dealkylation sites (N-methyl/N-ethyl adjacent to an activating group) is 1. The predicted molar refractivity (Wildman–Crippen MR) is 68.4 cm³/mol. The molecule has 0 heterocycles. The summed E-state index contributed by atoms with van der Waals surface area (Å²) in [5.41, 5.74) is 3.30. The third-order valence-corrected chi connectivity index (χ3v) is 2.49. The van der Waals surface area contributed by atoms with Crippen molar-refractivity contribution in [2.75, 3.05) is 20.1 Å². The van der Waals surface area contributed by atoms with Crippen LogP contribution < -0.4 is 0 Å². The highest BCUT2D eigenvalue weighted by Gasteiger charge is 2.10. The SMILES string of the molecule is C=C(C)CN(C)CC(O)c1ccc(C)cc1. The van der Waals surface area contributed by atoms with Gasteiger partial charge < -0.3 is 5.11 Å². The van der Waals surface area contributed by atoms with E-state index in [0.717, 1.165) is 17.7 Å². The summed E-state index contributed by atoms with van der Waals surface area (Å²) in [6.07, 6.45) is -0.426. The molecule has 1 unspecified atom stereocenters. The van der Waals surface area contributed by atoms with E-state index in [1.807, 2.05) is 45.2 Å². The number of rotatable bonds is 5. The van der Waals surface area contributed by atoms with Crippen molar-refractivity contribution in [3.05, 3.63) is 47.5 Å². The molecule has 88 valence electrons. The summed E-state index contributed by atoms with van der Waals surface area (Å²) >= 11 is 0. The van der Waals surface area contributed by atoms with Crippen LogP contribution in [0.15, 0.2) is 36.4 Å². The van der Waals surface area contributed by atoms with Crippen LogP contribution in [0.3, 0.4) is 0 Å². The Bertz CT molecular complexity index is 342. The van der Waals surface area contributed by atoms with Crippen molar-refractivity contribution in [2.45, 2.75) is 20.0 Å².